The summed E-state index contributed by atoms with van der Waals surface area (Å²) in [7, 11) is 0. The second kappa shape index (κ2) is 7.24. The zero-order valence-corrected chi connectivity index (χ0v) is 11.6. The summed E-state index contributed by atoms with van der Waals surface area (Å²) in [5.74, 6) is 0. The van der Waals surface area contributed by atoms with Gasteiger partial charge in [-0.1, -0.05) is 11.6 Å². The van der Waals surface area contributed by atoms with Gasteiger partial charge in [-0.2, -0.15) is 0 Å². The van der Waals surface area contributed by atoms with Gasteiger partial charge in [0.1, 0.15) is 0 Å². The molecule has 18 heavy (non-hydrogen) atoms. The molecule has 0 aromatic rings. The quantitative estimate of drug-likeness (QED) is 0.615. The number of hydrogen-bond donors (Lipinski definition) is 3. The Morgan fingerprint density at radius 2 is 1.94 bits per heavy atom. The van der Waals surface area contributed by atoms with Gasteiger partial charge in [0.05, 0.1) is 25.9 Å². The highest BCUT2D eigenvalue weighted by molar-refractivity contribution is 5.00. The summed E-state index contributed by atoms with van der Waals surface area (Å²) in [6.45, 7) is 5.88. The molecule has 0 amide bonds. The molecular weight excluding hydrogens is 230 g/mol. The molecule has 4 nitrogen and oxygen atoms in total. The zero-order valence-electron chi connectivity index (χ0n) is 11.6. The van der Waals surface area contributed by atoms with Crippen molar-refractivity contribution >= 4 is 0 Å². The van der Waals surface area contributed by atoms with Crippen molar-refractivity contribution in [1.29, 1.82) is 0 Å². The van der Waals surface area contributed by atoms with Crippen LogP contribution in [0.5, 0.6) is 0 Å². The van der Waals surface area contributed by atoms with Crippen LogP contribution >= 0.6 is 0 Å². The molecule has 1 aliphatic heterocycles. The van der Waals surface area contributed by atoms with Gasteiger partial charge in [-0.3, -0.25) is 4.90 Å². The lowest BCUT2D eigenvalue weighted by molar-refractivity contribution is -0.0140. The number of aliphatic hydroxyl groups is 3. The number of hydrogen-bond acceptors (Lipinski definition) is 4. The molecule has 0 spiro atoms. The third-order valence-electron chi connectivity index (χ3n) is 3.91. The number of piperidine rings is 1. The van der Waals surface area contributed by atoms with Gasteiger partial charge in [0.15, 0.2) is 0 Å². The summed E-state index contributed by atoms with van der Waals surface area (Å²) < 4.78 is 0. The Morgan fingerprint density at radius 3 is 2.44 bits per heavy atom. The van der Waals surface area contributed by atoms with E-state index in [1.165, 1.54) is 5.57 Å². The first-order valence-electron chi connectivity index (χ1n) is 6.77. The zero-order chi connectivity index (χ0) is 13.6. The SMILES string of the molecule is CC(C)=CC[C@@]1(CO)CCCN(C(CO)CO)C1. The van der Waals surface area contributed by atoms with Crippen molar-refractivity contribution in [3.63, 3.8) is 0 Å². The summed E-state index contributed by atoms with van der Waals surface area (Å²) in [5.41, 5.74) is 1.15. The maximum atomic E-state index is 9.72. The average Bonchev–Trinajstić information content (AvgIpc) is 2.38. The highest BCUT2D eigenvalue weighted by Crippen LogP contribution is 2.34. The molecule has 106 valence electrons. The second-order valence-electron chi connectivity index (χ2n) is 5.74. The minimum absolute atomic E-state index is 0.0271. The highest BCUT2D eigenvalue weighted by atomic mass is 16.3. The molecule has 0 unspecified atom stereocenters. The normalized spacial score (nSPS) is 25.4. The van der Waals surface area contributed by atoms with E-state index < -0.39 is 0 Å². The Balaban J connectivity index is 2.71. The molecule has 1 heterocycles. The smallest absolute Gasteiger partial charge is 0.0609 e. The summed E-state index contributed by atoms with van der Waals surface area (Å²) in [6, 6.07) is -0.192. The van der Waals surface area contributed by atoms with Gasteiger partial charge >= 0.3 is 0 Å². The number of allylic oxidation sites excluding steroid dienone is 2. The first-order valence-corrected chi connectivity index (χ1v) is 6.77. The fraction of sp³-hybridized carbons (Fsp3) is 0.857. The predicted molar refractivity (Wildman–Crippen MR) is 72.3 cm³/mol. The van der Waals surface area contributed by atoms with E-state index in [2.05, 4.69) is 24.8 Å². The molecule has 0 bridgehead atoms. The minimum atomic E-state index is -0.192. The molecule has 4 heteroatoms. The first kappa shape index (κ1) is 15.6. The van der Waals surface area contributed by atoms with Crippen molar-refractivity contribution in [2.24, 2.45) is 5.41 Å². The fourth-order valence-electron chi connectivity index (χ4n) is 2.63. The van der Waals surface area contributed by atoms with Crippen LogP contribution in [0.15, 0.2) is 11.6 Å². The van der Waals surface area contributed by atoms with E-state index in [1.807, 2.05) is 0 Å². The van der Waals surface area contributed by atoms with E-state index in [1.54, 1.807) is 0 Å². The van der Waals surface area contributed by atoms with Crippen molar-refractivity contribution < 1.29 is 15.3 Å². The molecule has 1 saturated heterocycles. The standard InChI is InChI=1S/C14H27NO3/c1-12(2)4-6-14(11-18)5-3-7-15(10-14)13(8-16)9-17/h4,13,16-18H,3,5-11H2,1-2H3/t14-/m0/s1. The Morgan fingerprint density at radius 1 is 1.28 bits per heavy atom. The summed E-state index contributed by atoms with van der Waals surface area (Å²) in [4.78, 5) is 2.11. The molecule has 0 aromatic carbocycles. The molecule has 3 N–H and O–H groups in total. The van der Waals surface area contributed by atoms with Crippen LogP contribution in [-0.2, 0) is 0 Å². The Hall–Kier alpha value is -0.420. The topological polar surface area (TPSA) is 63.9 Å². The van der Waals surface area contributed by atoms with Crippen molar-refractivity contribution in [2.45, 2.75) is 39.2 Å². The third kappa shape index (κ3) is 4.05. The molecule has 1 fully saturated rings. The summed E-state index contributed by atoms with van der Waals surface area (Å²) in [5, 5.41) is 28.2. The van der Waals surface area contributed by atoms with Crippen LogP contribution in [0.3, 0.4) is 0 Å². The average molecular weight is 257 g/mol. The van der Waals surface area contributed by atoms with E-state index in [-0.39, 0.29) is 31.3 Å². The van der Waals surface area contributed by atoms with Crippen LogP contribution in [0.25, 0.3) is 0 Å². The van der Waals surface area contributed by atoms with Gasteiger partial charge in [0.25, 0.3) is 0 Å². The predicted octanol–water partition coefficient (Wildman–Crippen LogP) is 0.770. The maximum Gasteiger partial charge on any atom is 0.0609 e. The van der Waals surface area contributed by atoms with Crippen molar-refractivity contribution in [3.05, 3.63) is 11.6 Å². The van der Waals surface area contributed by atoms with Gasteiger partial charge in [0.2, 0.25) is 0 Å². The Bertz CT molecular complexity index is 272. The monoisotopic (exact) mass is 257 g/mol. The lowest BCUT2D eigenvalue weighted by Gasteiger charge is -2.44. The lowest BCUT2D eigenvalue weighted by atomic mass is 9.77. The van der Waals surface area contributed by atoms with E-state index >= 15 is 0 Å². The summed E-state index contributed by atoms with van der Waals surface area (Å²) >= 11 is 0. The van der Waals surface area contributed by atoms with Crippen molar-refractivity contribution in [2.75, 3.05) is 32.9 Å². The largest absolute Gasteiger partial charge is 0.396 e. The van der Waals surface area contributed by atoms with Crippen LogP contribution in [0, 0.1) is 5.41 Å². The lowest BCUT2D eigenvalue weighted by Crippen LogP contribution is -2.51. The molecule has 1 atom stereocenters. The minimum Gasteiger partial charge on any atom is -0.396 e. The van der Waals surface area contributed by atoms with Gasteiger partial charge in [-0.15, -0.1) is 0 Å². The van der Waals surface area contributed by atoms with Crippen LogP contribution < -0.4 is 0 Å². The van der Waals surface area contributed by atoms with E-state index in [0.29, 0.717) is 0 Å². The Labute approximate surface area is 110 Å². The van der Waals surface area contributed by atoms with E-state index in [4.69, 9.17) is 0 Å². The van der Waals surface area contributed by atoms with E-state index in [0.717, 1.165) is 32.4 Å². The van der Waals surface area contributed by atoms with Gasteiger partial charge in [-0.25, -0.2) is 0 Å². The van der Waals surface area contributed by atoms with Crippen molar-refractivity contribution in [1.82, 2.24) is 4.90 Å². The van der Waals surface area contributed by atoms with Crippen LogP contribution in [0.4, 0.5) is 0 Å². The second-order valence-corrected chi connectivity index (χ2v) is 5.74. The molecule has 0 aromatic heterocycles. The highest BCUT2D eigenvalue weighted by Gasteiger charge is 2.36. The number of aliphatic hydroxyl groups excluding tert-OH is 3. The molecule has 0 radical (unpaired) electrons. The molecule has 0 saturated carbocycles. The van der Waals surface area contributed by atoms with Gasteiger partial charge < -0.3 is 15.3 Å². The molecular formula is C14H27NO3. The number of likely N-dealkylation sites (tertiary alicyclic amines) is 1. The van der Waals surface area contributed by atoms with Crippen molar-refractivity contribution in [3.8, 4) is 0 Å². The molecule has 1 rings (SSSR count). The maximum absolute atomic E-state index is 9.72. The van der Waals surface area contributed by atoms with Crippen LogP contribution in [0.1, 0.15) is 33.1 Å². The third-order valence-corrected chi connectivity index (χ3v) is 3.91. The van der Waals surface area contributed by atoms with E-state index in [9.17, 15) is 15.3 Å². The molecule has 0 aliphatic carbocycles. The first-order chi connectivity index (χ1) is 8.56. The number of rotatable bonds is 6. The summed E-state index contributed by atoms with van der Waals surface area (Å²) in [6.07, 6.45) is 5.06. The number of nitrogens with zero attached hydrogens (tertiary/aromatic N) is 1. The van der Waals surface area contributed by atoms with Gasteiger partial charge in [-0.05, 0) is 39.7 Å². The Kier molecular flexibility index (Phi) is 6.29. The van der Waals surface area contributed by atoms with Gasteiger partial charge in [0, 0.05) is 12.0 Å². The van der Waals surface area contributed by atoms with Crippen LogP contribution in [-0.4, -0.2) is 59.2 Å². The molecule has 1 aliphatic rings. The van der Waals surface area contributed by atoms with Crippen LogP contribution in [0.2, 0.25) is 0 Å². The fourth-order valence-corrected chi connectivity index (χ4v) is 2.63.